The van der Waals surface area contributed by atoms with Gasteiger partial charge in [-0.25, -0.2) is 14.4 Å². The van der Waals surface area contributed by atoms with E-state index in [1.807, 2.05) is 25.1 Å². The maximum Gasteiger partial charge on any atom is 0.132 e. The fourth-order valence-electron chi connectivity index (χ4n) is 3.16. The van der Waals surface area contributed by atoms with Crippen LogP contribution < -0.4 is 4.90 Å². The minimum Gasteiger partial charge on any atom is -0.355 e. The number of piperidine rings is 1. The van der Waals surface area contributed by atoms with Crippen LogP contribution in [0.15, 0.2) is 36.7 Å². The predicted octanol–water partition coefficient (Wildman–Crippen LogP) is 3.02. The van der Waals surface area contributed by atoms with Crippen molar-refractivity contribution in [2.45, 2.75) is 32.4 Å². The number of anilines is 1. The van der Waals surface area contributed by atoms with E-state index in [0.29, 0.717) is 6.04 Å². The minimum absolute atomic E-state index is 0.177. The van der Waals surface area contributed by atoms with Crippen LogP contribution in [0.25, 0.3) is 0 Å². The van der Waals surface area contributed by atoms with Crippen LogP contribution in [0, 0.1) is 12.7 Å². The number of hydrogen-bond donors (Lipinski definition) is 0. The number of benzene rings is 1. The van der Waals surface area contributed by atoms with Crippen LogP contribution in [-0.4, -0.2) is 41.0 Å². The lowest BCUT2D eigenvalue weighted by Crippen LogP contribution is -2.46. The van der Waals surface area contributed by atoms with E-state index < -0.39 is 0 Å². The molecule has 23 heavy (non-hydrogen) atoms. The van der Waals surface area contributed by atoms with Crippen molar-refractivity contribution in [2.24, 2.45) is 0 Å². The van der Waals surface area contributed by atoms with Gasteiger partial charge in [0.1, 0.15) is 18.0 Å². The Morgan fingerprint density at radius 2 is 2.04 bits per heavy atom. The van der Waals surface area contributed by atoms with E-state index in [2.05, 4.69) is 26.8 Å². The Bertz CT molecular complexity index is 644. The lowest BCUT2D eigenvalue weighted by molar-refractivity contribution is 0.198. The van der Waals surface area contributed by atoms with Crippen molar-refractivity contribution < 1.29 is 4.39 Å². The zero-order valence-electron chi connectivity index (χ0n) is 13.7. The quantitative estimate of drug-likeness (QED) is 0.868. The summed E-state index contributed by atoms with van der Waals surface area (Å²) < 4.78 is 13.0. The van der Waals surface area contributed by atoms with E-state index in [4.69, 9.17) is 0 Å². The molecule has 1 aromatic carbocycles. The summed E-state index contributed by atoms with van der Waals surface area (Å²) in [6.07, 6.45) is 3.96. The Balaban J connectivity index is 1.64. The van der Waals surface area contributed by atoms with Crippen LogP contribution in [0.1, 0.15) is 24.1 Å². The van der Waals surface area contributed by atoms with Gasteiger partial charge in [0.15, 0.2) is 0 Å². The average molecular weight is 314 g/mol. The van der Waals surface area contributed by atoms with Gasteiger partial charge in [-0.3, -0.25) is 4.90 Å². The van der Waals surface area contributed by atoms with Crippen LogP contribution in [0.3, 0.4) is 0 Å². The fourth-order valence-corrected chi connectivity index (χ4v) is 3.16. The summed E-state index contributed by atoms with van der Waals surface area (Å²) in [7, 11) is 2.10. The van der Waals surface area contributed by atoms with Crippen molar-refractivity contribution in [3.8, 4) is 0 Å². The molecule has 1 fully saturated rings. The number of halogens is 1. The molecule has 3 rings (SSSR count). The highest BCUT2D eigenvalue weighted by molar-refractivity contribution is 5.39. The third-order valence-electron chi connectivity index (χ3n) is 4.50. The molecule has 1 aliphatic heterocycles. The van der Waals surface area contributed by atoms with Crippen LogP contribution in [0.2, 0.25) is 0 Å². The van der Waals surface area contributed by atoms with Crippen molar-refractivity contribution in [3.63, 3.8) is 0 Å². The Morgan fingerprint density at radius 3 is 2.78 bits per heavy atom. The maximum atomic E-state index is 13.0. The topological polar surface area (TPSA) is 32.3 Å². The molecule has 4 nitrogen and oxygen atoms in total. The van der Waals surface area contributed by atoms with Gasteiger partial charge in [-0.15, -0.1) is 0 Å². The van der Waals surface area contributed by atoms with Gasteiger partial charge in [-0.05, 0) is 44.0 Å². The van der Waals surface area contributed by atoms with Gasteiger partial charge in [0.2, 0.25) is 0 Å². The smallest absolute Gasteiger partial charge is 0.132 e. The summed E-state index contributed by atoms with van der Waals surface area (Å²) in [5.41, 5.74) is 2.15. The first-order valence-corrected chi connectivity index (χ1v) is 8.10. The molecule has 122 valence electrons. The van der Waals surface area contributed by atoms with Crippen molar-refractivity contribution in [2.75, 3.05) is 25.0 Å². The van der Waals surface area contributed by atoms with E-state index in [1.54, 1.807) is 6.33 Å². The van der Waals surface area contributed by atoms with E-state index in [1.165, 1.54) is 25.0 Å². The highest BCUT2D eigenvalue weighted by Gasteiger charge is 2.24. The van der Waals surface area contributed by atoms with E-state index >= 15 is 0 Å². The molecule has 1 aromatic heterocycles. The highest BCUT2D eigenvalue weighted by atomic mass is 19.1. The summed E-state index contributed by atoms with van der Waals surface area (Å²) >= 11 is 0. The van der Waals surface area contributed by atoms with Crippen LogP contribution >= 0.6 is 0 Å². The molecule has 2 aromatic rings. The number of nitrogens with zero attached hydrogens (tertiary/aromatic N) is 4. The van der Waals surface area contributed by atoms with E-state index in [9.17, 15) is 4.39 Å². The molecule has 0 N–H and O–H groups in total. The van der Waals surface area contributed by atoms with E-state index in [0.717, 1.165) is 36.7 Å². The molecule has 0 amide bonds. The molecule has 1 unspecified atom stereocenters. The van der Waals surface area contributed by atoms with Crippen LogP contribution in [0.5, 0.6) is 0 Å². The molecular weight excluding hydrogens is 291 g/mol. The van der Waals surface area contributed by atoms with Gasteiger partial charge in [0.25, 0.3) is 0 Å². The summed E-state index contributed by atoms with van der Waals surface area (Å²) in [6.45, 7) is 4.94. The number of likely N-dealkylation sites (N-methyl/N-ethyl adjacent to an activating group) is 1. The number of likely N-dealkylation sites (tertiary alicyclic amines) is 1. The first-order chi connectivity index (χ1) is 11.1. The largest absolute Gasteiger partial charge is 0.355 e. The molecule has 0 radical (unpaired) electrons. The maximum absolute atomic E-state index is 13.0. The second-order valence-corrected chi connectivity index (χ2v) is 6.29. The van der Waals surface area contributed by atoms with Crippen molar-refractivity contribution in [1.29, 1.82) is 0 Å². The Hall–Kier alpha value is -2.01. The van der Waals surface area contributed by atoms with Crippen molar-refractivity contribution >= 4 is 5.82 Å². The third kappa shape index (κ3) is 4.05. The summed E-state index contributed by atoms with van der Waals surface area (Å²) in [5.74, 6) is 0.801. The molecule has 1 atom stereocenters. The Kier molecular flexibility index (Phi) is 4.86. The van der Waals surface area contributed by atoms with Gasteiger partial charge in [0, 0.05) is 37.9 Å². The third-order valence-corrected chi connectivity index (χ3v) is 4.50. The highest BCUT2D eigenvalue weighted by Crippen LogP contribution is 2.21. The van der Waals surface area contributed by atoms with Crippen molar-refractivity contribution in [3.05, 3.63) is 53.7 Å². The zero-order chi connectivity index (χ0) is 16.2. The second kappa shape index (κ2) is 7.04. The summed E-state index contributed by atoms with van der Waals surface area (Å²) in [6, 6.07) is 9.28. The summed E-state index contributed by atoms with van der Waals surface area (Å²) in [4.78, 5) is 13.2. The zero-order valence-corrected chi connectivity index (χ0v) is 13.7. The average Bonchev–Trinajstić information content (AvgIpc) is 2.56. The number of hydrogen-bond acceptors (Lipinski definition) is 4. The van der Waals surface area contributed by atoms with Gasteiger partial charge in [-0.2, -0.15) is 0 Å². The lowest BCUT2D eigenvalue weighted by Gasteiger charge is -2.38. The van der Waals surface area contributed by atoms with Gasteiger partial charge >= 0.3 is 0 Å². The normalized spacial score (nSPS) is 18.8. The standard InChI is InChI=1S/C18H23FN4/c1-14-10-18(21-13-20-14)22(2)17-4-3-9-23(12-17)11-15-5-7-16(19)8-6-15/h5-8,10,13,17H,3-4,9,11-12H2,1-2H3. The van der Waals surface area contributed by atoms with Crippen LogP contribution in [-0.2, 0) is 6.54 Å². The van der Waals surface area contributed by atoms with E-state index in [-0.39, 0.29) is 5.82 Å². The second-order valence-electron chi connectivity index (χ2n) is 6.29. The molecule has 0 spiro atoms. The lowest BCUT2D eigenvalue weighted by atomic mass is 10.0. The minimum atomic E-state index is -0.177. The predicted molar refractivity (Wildman–Crippen MR) is 89.9 cm³/mol. The SMILES string of the molecule is Cc1cc(N(C)C2CCCN(Cc3ccc(F)cc3)C2)ncn1. The Labute approximate surface area is 137 Å². The number of aromatic nitrogens is 2. The molecular formula is C18H23FN4. The summed E-state index contributed by atoms with van der Waals surface area (Å²) in [5, 5.41) is 0. The molecule has 1 saturated heterocycles. The first-order valence-electron chi connectivity index (χ1n) is 8.10. The fraction of sp³-hybridized carbons (Fsp3) is 0.444. The van der Waals surface area contributed by atoms with Gasteiger partial charge in [-0.1, -0.05) is 12.1 Å². The molecule has 5 heteroatoms. The molecule has 2 heterocycles. The molecule has 0 bridgehead atoms. The molecule has 1 aliphatic rings. The number of rotatable bonds is 4. The number of aryl methyl sites for hydroxylation is 1. The molecule has 0 aliphatic carbocycles. The van der Waals surface area contributed by atoms with Gasteiger partial charge in [0.05, 0.1) is 0 Å². The molecule has 0 saturated carbocycles. The Morgan fingerprint density at radius 1 is 1.26 bits per heavy atom. The van der Waals surface area contributed by atoms with Gasteiger partial charge < -0.3 is 4.90 Å². The van der Waals surface area contributed by atoms with Crippen LogP contribution in [0.4, 0.5) is 10.2 Å². The first kappa shape index (κ1) is 15.9. The van der Waals surface area contributed by atoms with Crippen molar-refractivity contribution in [1.82, 2.24) is 14.9 Å². The monoisotopic (exact) mass is 314 g/mol.